The zero-order valence-corrected chi connectivity index (χ0v) is 12.2. The summed E-state index contributed by atoms with van der Waals surface area (Å²) in [4.78, 5) is 29.5. The molecule has 0 unspecified atom stereocenters. The smallest absolute Gasteiger partial charge is 0.273 e. The standard InChI is InChI=1S/C14H15N5OS/c20-13(10-8-21-9-17-10)18-6-2-12-11(18)3-7-19(12)14-15-4-1-5-16-14/h1,4-5,8-9,11-12H,2-3,6-7H2/t11-,12+/m0/s1. The molecule has 7 heteroatoms. The summed E-state index contributed by atoms with van der Waals surface area (Å²) in [6.45, 7) is 1.69. The van der Waals surface area contributed by atoms with Crippen molar-refractivity contribution in [3.63, 3.8) is 0 Å². The van der Waals surface area contributed by atoms with Crippen LogP contribution in [0.2, 0.25) is 0 Å². The average Bonchev–Trinajstić information content (AvgIpc) is 3.24. The van der Waals surface area contributed by atoms with E-state index in [1.807, 2.05) is 16.3 Å². The average molecular weight is 301 g/mol. The Morgan fingerprint density at radius 2 is 1.95 bits per heavy atom. The van der Waals surface area contributed by atoms with Crippen LogP contribution in [0.5, 0.6) is 0 Å². The maximum Gasteiger partial charge on any atom is 0.273 e. The summed E-state index contributed by atoms with van der Waals surface area (Å²) in [5.74, 6) is 0.826. The second-order valence-electron chi connectivity index (χ2n) is 5.33. The Balaban J connectivity index is 1.55. The molecule has 2 aliphatic rings. The Morgan fingerprint density at radius 1 is 1.14 bits per heavy atom. The lowest BCUT2D eigenvalue weighted by molar-refractivity contribution is 0.0732. The van der Waals surface area contributed by atoms with E-state index in [4.69, 9.17) is 0 Å². The largest absolute Gasteiger partial charge is 0.336 e. The number of hydrogen-bond acceptors (Lipinski definition) is 6. The van der Waals surface area contributed by atoms with Crippen molar-refractivity contribution in [3.05, 3.63) is 35.0 Å². The number of carbonyl (C=O) groups is 1. The summed E-state index contributed by atoms with van der Waals surface area (Å²) in [5, 5.41) is 1.82. The number of likely N-dealkylation sites (tertiary alicyclic amines) is 1. The fraction of sp³-hybridized carbons (Fsp3) is 0.429. The zero-order chi connectivity index (χ0) is 14.2. The van der Waals surface area contributed by atoms with Crippen LogP contribution in [0, 0.1) is 0 Å². The van der Waals surface area contributed by atoms with E-state index in [1.165, 1.54) is 11.3 Å². The summed E-state index contributed by atoms with van der Waals surface area (Å²) >= 11 is 1.46. The minimum absolute atomic E-state index is 0.0552. The zero-order valence-electron chi connectivity index (χ0n) is 11.4. The van der Waals surface area contributed by atoms with Crippen LogP contribution in [0.15, 0.2) is 29.4 Å². The van der Waals surface area contributed by atoms with Crippen molar-refractivity contribution < 1.29 is 4.79 Å². The van der Waals surface area contributed by atoms with E-state index in [-0.39, 0.29) is 11.9 Å². The molecular formula is C14H15N5OS. The molecule has 1 amide bonds. The number of hydrogen-bond donors (Lipinski definition) is 0. The molecule has 0 bridgehead atoms. The van der Waals surface area contributed by atoms with Gasteiger partial charge in [-0.15, -0.1) is 11.3 Å². The van der Waals surface area contributed by atoms with Crippen LogP contribution in [0.4, 0.5) is 5.95 Å². The van der Waals surface area contributed by atoms with E-state index >= 15 is 0 Å². The highest BCUT2D eigenvalue weighted by Crippen LogP contribution is 2.34. The molecule has 0 aromatic carbocycles. The van der Waals surface area contributed by atoms with E-state index in [0.717, 1.165) is 31.9 Å². The molecule has 4 heterocycles. The second kappa shape index (κ2) is 5.07. The van der Waals surface area contributed by atoms with Gasteiger partial charge in [0.2, 0.25) is 5.95 Å². The molecule has 0 saturated carbocycles. The van der Waals surface area contributed by atoms with E-state index in [0.29, 0.717) is 11.7 Å². The summed E-state index contributed by atoms with van der Waals surface area (Å²) in [7, 11) is 0. The van der Waals surface area contributed by atoms with Crippen LogP contribution in [-0.2, 0) is 0 Å². The minimum atomic E-state index is 0.0552. The third-order valence-corrected chi connectivity index (χ3v) is 4.88. The van der Waals surface area contributed by atoms with E-state index in [9.17, 15) is 4.79 Å². The molecule has 0 spiro atoms. The number of nitrogens with zero attached hydrogens (tertiary/aromatic N) is 5. The van der Waals surface area contributed by atoms with Gasteiger partial charge in [0.05, 0.1) is 17.6 Å². The second-order valence-corrected chi connectivity index (χ2v) is 6.05. The number of anilines is 1. The molecule has 0 N–H and O–H groups in total. The van der Waals surface area contributed by atoms with Gasteiger partial charge in [0.25, 0.3) is 5.91 Å². The normalized spacial score (nSPS) is 24.4. The van der Waals surface area contributed by atoms with Crippen molar-refractivity contribution >= 4 is 23.2 Å². The lowest BCUT2D eigenvalue weighted by atomic mass is 10.1. The Hall–Kier alpha value is -2.02. The SMILES string of the molecule is O=C(c1cscn1)N1CC[C@@H]2[C@@H]1CCN2c1ncccn1. The maximum absolute atomic E-state index is 12.5. The molecule has 2 aliphatic heterocycles. The molecule has 108 valence electrons. The van der Waals surface area contributed by atoms with Gasteiger partial charge in [0, 0.05) is 30.9 Å². The Kier molecular flexibility index (Phi) is 3.07. The molecule has 6 nitrogen and oxygen atoms in total. The first-order chi connectivity index (χ1) is 10.3. The van der Waals surface area contributed by atoms with Crippen LogP contribution >= 0.6 is 11.3 Å². The third-order valence-electron chi connectivity index (χ3n) is 4.30. The van der Waals surface area contributed by atoms with Crippen LogP contribution in [0.25, 0.3) is 0 Å². The van der Waals surface area contributed by atoms with Crippen LogP contribution in [0.3, 0.4) is 0 Å². The highest BCUT2D eigenvalue weighted by molar-refractivity contribution is 7.07. The lowest BCUT2D eigenvalue weighted by Gasteiger charge is -2.25. The van der Waals surface area contributed by atoms with E-state index in [2.05, 4.69) is 19.9 Å². The van der Waals surface area contributed by atoms with Gasteiger partial charge in [-0.05, 0) is 18.9 Å². The number of aromatic nitrogens is 3. The molecule has 2 fully saturated rings. The van der Waals surface area contributed by atoms with Gasteiger partial charge in [0.1, 0.15) is 5.69 Å². The molecule has 0 aliphatic carbocycles. The number of thiazole rings is 1. The Labute approximate surface area is 126 Å². The lowest BCUT2D eigenvalue weighted by Crippen LogP contribution is -2.40. The van der Waals surface area contributed by atoms with Gasteiger partial charge < -0.3 is 9.80 Å². The minimum Gasteiger partial charge on any atom is -0.336 e. The van der Waals surface area contributed by atoms with Gasteiger partial charge in [-0.1, -0.05) is 0 Å². The molecular weight excluding hydrogens is 286 g/mol. The summed E-state index contributed by atoms with van der Waals surface area (Å²) in [6.07, 6.45) is 5.48. The van der Waals surface area contributed by atoms with Gasteiger partial charge >= 0.3 is 0 Å². The highest BCUT2D eigenvalue weighted by Gasteiger charge is 2.45. The monoisotopic (exact) mass is 301 g/mol. The topological polar surface area (TPSA) is 62.2 Å². The van der Waals surface area contributed by atoms with Crippen molar-refractivity contribution in [2.45, 2.75) is 24.9 Å². The predicted octanol–water partition coefficient (Wildman–Crippen LogP) is 1.43. The van der Waals surface area contributed by atoms with Crippen LogP contribution < -0.4 is 4.90 Å². The maximum atomic E-state index is 12.5. The molecule has 2 saturated heterocycles. The number of fused-ring (bicyclic) bond motifs is 1. The fourth-order valence-electron chi connectivity index (χ4n) is 3.39. The summed E-state index contributed by atoms with van der Waals surface area (Å²) in [5.41, 5.74) is 2.27. The van der Waals surface area contributed by atoms with Gasteiger partial charge in [-0.25, -0.2) is 15.0 Å². The first kappa shape index (κ1) is 12.7. The van der Waals surface area contributed by atoms with Gasteiger partial charge in [0.15, 0.2) is 0 Å². The van der Waals surface area contributed by atoms with Gasteiger partial charge in [-0.3, -0.25) is 4.79 Å². The highest BCUT2D eigenvalue weighted by atomic mass is 32.1. The molecule has 2 atom stereocenters. The number of amides is 1. The molecule has 2 aromatic heterocycles. The predicted molar refractivity (Wildman–Crippen MR) is 79.3 cm³/mol. The van der Waals surface area contributed by atoms with Crippen molar-refractivity contribution in [2.75, 3.05) is 18.0 Å². The molecule has 21 heavy (non-hydrogen) atoms. The molecule has 2 aromatic rings. The molecule has 4 rings (SSSR count). The van der Waals surface area contributed by atoms with E-state index < -0.39 is 0 Å². The van der Waals surface area contributed by atoms with Crippen molar-refractivity contribution in [1.29, 1.82) is 0 Å². The first-order valence-electron chi connectivity index (χ1n) is 7.07. The first-order valence-corrected chi connectivity index (χ1v) is 8.01. The van der Waals surface area contributed by atoms with E-state index in [1.54, 1.807) is 17.9 Å². The molecule has 0 radical (unpaired) electrons. The summed E-state index contributed by atoms with van der Waals surface area (Å²) in [6, 6.07) is 2.40. The van der Waals surface area contributed by atoms with Gasteiger partial charge in [-0.2, -0.15) is 0 Å². The number of rotatable bonds is 2. The number of carbonyl (C=O) groups excluding carboxylic acids is 1. The van der Waals surface area contributed by atoms with Crippen molar-refractivity contribution in [3.8, 4) is 0 Å². The quantitative estimate of drug-likeness (QED) is 0.839. The van der Waals surface area contributed by atoms with Crippen LogP contribution in [-0.4, -0.2) is 50.9 Å². The Morgan fingerprint density at radius 3 is 2.71 bits per heavy atom. The summed E-state index contributed by atoms with van der Waals surface area (Å²) < 4.78 is 0. The third kappa shape index (κ3) is 2.08. The van der Waals surface area contributed by atoms with Crippen LogP contribution in [0.1, 0.15) is 23.3 Å². The van der Waals surface area contributed by atoms with Crippen molar-refractivity contribution in [1.82, 2.24) is 19.9 Å². The van der Waals surface area contributed by atoms with Crippen molar-refractivity contribution in [2.24, 2.45) is 0 Å². The Bertz CT molecular complexity index is 632. The fourth-order valence-corrected chi connectivity index (χ4v) is 3.92.